The number of carboxylic acids is 2. The molecule has 98 valence electrons. The second-order valence-electron chi connectivity index (χ2n) is 3.04. The van der Waals surface area contributed by atoms with Crippen molar-refractivity contribution in [3.05, 3.63) is 0 Å². The fourth-order valence-corrected chi connectivity index (χ4v) is 1.20. The van der Waals surface area contributed by atoms with Gasteiger partial charge in [0.15, 0.2) is 5.60 Å². The van der Waals surface area contributed by atoms with Gasteiger partial charge in [-0.1, -0.05) is 0 Å². The van der Waals surface area contributed by atoms with Crippen molar-refractivity contribution in [1.82, 2.24) is 0 Å². The van der Waals surface area contributed by atoms with Gasteiger partial charge in [0.2, 0.25) is 0 Å². The van der Waals surface area contributed by atoms with Gasteiger partial charge >= 0.3 is 25.7 Å². The molecule has 0 bridgehead atoms. The average Bonchev–Trinajstić information content (AvgIpc) is 1.96. The number of aliphatic carboxylic acids is 2. The van der Waals surface area contributed by atoms with Crippen molar-refractivity contribution in [1.29, 1.82) is 0 Å². The summed E-state index contributed by atoms with van der Waals surface area (Å²) in [6, 6.07) is 0. The standard InChI is InChI=1S/C6H9O10P/c7-3(8)1-6(12,5(10)11)2-4(9)16-17(13,14)15/h12H,1-2H2,(H,7,8)(H,10,11)(H2,13,14,15)/t6-/m0/s1. The van der Waals surface area contributed by atoms with Crippen LogP contribution in [-0.4, -0.2) is 48.6 Å². The molecule has 0 aliphatic carbocycles. The lowest BCUT2D eigenvalue weighted by atomic mass is 9.96. The Morgan fingerprint density at radius 1 is 1.12 bits per heavy atom. The van der Waals surface area contributed by atoms with Crippen molar-refractivity contribution in [2.45, 2.75) is 18.4 Å². The van der Waals surface area contributed by atoms with E-state index >= 15 is 0 Å². The number of rotatable bonds is 6. The van der Waals surface area contributed by atoms with Gasteiger partial charge in [0, 0.05) is 0 Å². The van der Waals surface area contributed by atoms with E-state index < -0.39 is 44.2 Å². The first kappa shape index (κ1) is 15.5. The zero-order valence-corrected chi connectivity index (χ0v) is 9.03. The number of aliphatic hydroxyl groups is 1. The summed E-state index contributed by atoms with van der Waals surface area (Å²) < 4.78 is 13.7. The Hall–Kier alpha value is -1.48. The highest BCUT2D eigenvalue weighted by Crippen LogP contribution is 2.37. The average molecular weight is 272 g/mol. The summed E-state index contributed by atoms with van der Waals surface area (Å²) in [5.41, 5.74) is -2.99. The van der Waals surface area contributed by atoms with Gasteiger partial charge in [-0.25, -0.2) is 9.36 Å². The lowest BCUT2D eigenvalue weighted by Gasteiger charge is -2.20. The number of carboxylic acid groups (broad SMARTS) is 2. The van der Waals surface area contributed by atoms with Gasteiger partial charge in [0.05, 0.1) is 12.8 Å². The highest BCUT2D eigenvalue weighted by Gasteiger charge is 2.42. The Morgan fingerprint density at radius 3 is 1.88 bits per heavy atom. The molecule has 0 heterocycles. The van der Waals surface area contributed by atoms with Gasteiger partial charge in [-0.3, -0.25) is 19.4 Å². The maximum Gasteiger partial charge on any atom is 0.526 e. The molecule has 0 fully saturated rings. The molecule has 5 N–H and O–H groups in total. The Bertz CT molecular complexity index is 382. The van der Waals surface area contributed by atoms with Crippen molar-refractivity contribution in [2.24, 2.45) is 0 Å². The topological polar surface area (TPSA) is 179 Å². The SMILES string of the molecule is O=C(O)C[C@](O)(CC(=O)OP(=O)(O)O)C(=O)O. The van der Waals surface area contributed by atoms with E-state index in [4.69, 9.17) is 20.0 Å². The van der Waals surface area contributed by atoms with Crippen LogP contribution in [0.2, 0.25) is 0 Å². The predicted molar refractivity (Wildman–Crippen MR) is 47.6 cm³/mol. The lowest BCUT2D eigenvalue weighted by molar-refractivity contribution is -0.170. The van der Waals surface area contributed by atoms with Crippen LogP contribution in [0, 0.1) is 0 Å². The van der Waals surface area contributed by atoms with E-state index in [0.717, 1.165) is 0 Å². The molecule has 17 heavy (non-hydrogen) atoms. The summed E-state index contributed by atoms with van der Waals surface area (Å²) in [6.07, 6.45) is -2.72. The Morgan fingerprint density at radius 2 is 1.59 bits per heavy atom. The van der Waals surface area contributed by atoms with Crippen LogP contribution in [0.25, 0.3) is 0 Å². The second kappa shape index (κ2) is 5.23. The Labute approximate surface area is 93.7 Å². The zero-order valence-electron chi connectivity index (χ0n) is 8.14. The molecule has 0 radical (unpaired) electrons. The maximum atomic E-state index is 10.8. The van der Waals surface area contributed by atoms with Crippen LogP contribution in [0.5, 0.6) is 0 Å². The van der Waals surface area contributed by atoms with Crippen LogP contribution in [0.3, 0.4) is 0 Å². The fraction of sp³-hybridized carbons (Fsp3) is 0.500. The first-order valence-corrected chi connectivity index (χ1v) is 5.45. The van der Waals surface area contributed by atoms with Crippen LogP contribution in [0.15, 0.2) is 0 Å². The van der Waals surface area contributed by atoms with Crippen LogP contribution in [-0.2, 0) is 23.5 Å². The minimum Gasteiger partial charge on any atom is -0.481 e. The van der Waals surface area contributed by atoms with Gasteiger partial charge in [0.1, 0.15) is 0 Å². The van der Waals surface area contributed by atoms with E-state index in [2.05, 4.69) is 4.52 Å². The Kier molecular flexibility index (Phi) is 4.78. The molecule has 0 aromatic rings. The quantitative estimate of drug-likeness (QED) is 0.350. The number of carbonyl (C=O) groups is 3. The lowest BCUT2D eigenvalue weighted by Crippen LogP contribution is -2.43. The normalized spacial score (nSPS) is 14.8. The van der Waals surface area contributed by atoms with Gasteiger partial charge in [-0.05, 0) is 0 Å². The maximum absolute atomic E-state index is 10.8. The number of hydrogen-bond acceptors (Lipinski definition) is 6. The highest BCUT2D eigenvalue weighted by atomic mass is 31.2. The van der Waals surface area contributed by atoms with Gasteiger partial charge in [-0.15, -0.1) is 0 Å². The molecule has 0 saturated carbocycles. The number of hydrogen-bond donors (Lipinski definition) is 5. The third-order valence-corrected chi connectivity index (χ3v) is 1.94. The molecule has 0 spiro atoms. The number of phosphoric ester groups is 1. The third-order valence-electron chi connectivity index (χ3n) is 1.50. The van der Waals surface area contributed by atoms with Crippen molar-refractivity contribution in [2.75, 3.05) is 0 Å². The highest BCUT2D eigenvalue weighted by molar-refractivity contribution is 7.46. The third kappa shape index (κ3) is 5.97. The molecule has 0 rings (SSSR count). The van der Waals surface area contributed by atoms with Crippen molar-refractivity contribution in [3.63, 3.8) is 0 Å². The molecule has 0 amide bonds. The first-order chi connectivity index (χ1) is 7.46. The molecule has 0 unspecified atom stereocenters. The smallest absolute Gasteiger partial charge is 0.481 e. The Balaban J connectivity index is 4.78. The van der Waals surface area contributed by atoms with Crippen LogP contribution < -0.4 is 0 Å². The number of carbonyl (C=O) groups excluding carboxylic acids is 1. The van der Waals surface area contributed by atoms with Crippen molar-refractivity contribution < 1.29 is 48.6 Å². The summed E-state index contributed by atoms with van der Waals surface area (Å²) in [5, 5.41) is 26.1. The molecule has 0 saturated heterocycles. The van der Waals surface area contributed by atoms with E-state index in [9.17, 15) is 24.1 Å². The fourth-order valence-electron chi connectivity index (χ4n) is 0.868. The molecule has 0 aromatic heterocycles. The minimum atomic E-state index is -5.17. The zero-order chi connectivity index (χ0) is 13.9. The molecular formula is C6H9O10P. The monoisotopic (exact) mass is 272 g/mol. The molecule has 10 nitrogen and oxygen atoms in total. The van der Waals surface area contributed by atoms with E-state index in [-0.39, 0.29) is 0 Å². The van der Waals surface area contributed by atoms with Gasteiger partial charge in [0.25, 0.3) is 0 Å². The first-order valence-electron chi connectivity index (χ1n) is 3.92. The van der Waals surface area contributed by atoms with Gasteiger partial charge in [-0.2, -0.15) is 0 Å². The van der Waals surface area contributed by atoms with Crippen LogP contribution in [0.4, 0.5) is 0 Å². The van der Waals surface area contributed by atoms with Crippen LogP contribution in [0.1, 0.15) is 12.8 Å². The predicted octanol–water partition coefficient (Wildman–Crippen LogP) is -1.70. The minimum absolute atomic E-state index is 1.32. The van der Waals surface area contributed by atoms with Crippen LogP contribution >= 0.6 is 7.82 Å². The van der Waals surface area contributed by atoms with Crippen molar-refractivity contribution >= 4 is 25.7 Å². The number of phosphoric acid groups is 1. The second-order valence-corrected chi connectivity index (χ2v) is 4.20. The van der Waals surface area contributed by atoms with E-state index in [0.29, 0.717) is 0 Å². The summed E-state index contributed by atoms with van der Waals surface area (Å²) in [6.45, 7) is 0. The summed E-state index contributed by atoms with van der Waals surface area (Å²) >= 11 is 0. The molecule has 11 heteroatoms. The van der Waals surface area contributed by atoms with E-state index in [1.807, 2.05) is 0 Å². The summed E-state index contributed by atoms with van der Waals surface area (Å²) in [5.74, 6) is -5.47. The molecule has 0 aliphatic heterocycles. The van der Waals surface area contributed by atoms with Crippen molar-refractivity contribution in [3.8, 4) is 0 Å². The van der Waals surface area contributed by atoms with Gasteiger partial charge < -0.3 is 19.8 Å². The van der Waals surface area contributed by atoms with E-state index in [1.54, 1.807) is 0 Å². The summed E-state index contributed by atoms with van der Waals surface area (Å²) in [4.78, 5) is 48.1. The largest absolute Gasteiger partial charge is 0.526 e. The molecular weight excluding hydrogens is 263 g/mol. The van der Waals surface area contributed by atoms with E-state index in [1.165, 1.54) is 0 Å². The summed E-state index contributed by atoms with van der Waals surface area (Å²) in [7, 11) is -5.17. The molecule has 0 aromatic carbocycles. The molecule has 1 atom stereocenters. The molecule has 0 aliphatic rings.